The highest BCUT2D eigenvalue weighted by Crippen LogP contribution is 2.50. The van der Waals surface area contributed by atoms with Crippen molar-refractivity contribution in [1.29, 1.82) is 0 Å². The summed E-state index contributed by atoms with van der Waals surface area (Å²) in [5.41, 5.74) is 22.4. The molecule has 65 heavy (non-hydrogen) atoms. The van der Waals surface area contributed by atoms with Gasteiger partial charge in [0.25, 0.3) is 0 Å². The average molecular weight is 876 g/mol. The minimum Gasteiger partial charge on any atom is -0.355 e. The number of thiophene rings is 1. The third kappa shape index (κ3) is 6.15. The molecular weight excluding hydrogens is 824 g/mol. The minimum atomic E-state index is -0.123. The van der Waals surface area contributed by atoms with E-state index in [4.69, 9.17) is 12.6 Å². The van der Waals surface area contributed by atoms with Crippen molar-refractivity contribution in [2.45, 2.75) is 83.5 Å². The Labute approximate surface area is 393 Å². The number of fused-ring (bicyclic) bond motifs is 11. The molecule has 0 amide bonds. The van der Waals surface area contributed by atoms with E-state index < -0.39 is 0 Å². The van der Waals surface area contributed by atoms with Crippen LogP contribution in [0.15, 0.2) is 144 Å². The number of anilines is 2. The number of hydrogen-bond acceptors (Lipinski definition) is 3. The van der Waals surface area contributed by atoms with Gasteiger partial charge in [-0.3, -0.25) is 0 Å². The average Bonchev–Trinajstić information content (AvgIpc) is 3.87. The molecule has 1 aliphatic carbocycles. The van der Waals surface area contributed by atoms with Crippen LogP contribution >= 0.6 is 24.0 Å². The Hall–Kier alpha value is -6.01. The molecule has 2 nitrogen and oxygen atoms in total. The molecule has 12 rings (SSSR count). The Balaban J connectivity index is 1.14. The highest BCUT2D eigenvalue weighted by molar-refractivity contribution is 7.80. The summed E-state index contributed by atoms with van der Waals surface area (Å²) < 4.78 is 5.17. The monoisotopic (exact) mass is 875 g/mol. The van der Waals surface area contributed by atoms with Crippen molar-refractivity contribution >= 4 is 95.5 Å². The van der Waals surface area contributed by atoms with Gasteiger partial charge in [0.2, 0.25) is 0 Å². The maximum atomic E-state index is 5.25. The third-order valence-electron chi connectivity index (χ3n) is 14.6. The van der Waals surface area contributed by atoms with E-state index in [2.05, 4.69) is 219 Å². The fraction of sp³-hybridized carbons (Fsp3) is 0.200. The molecule has 10 aromatic rings. The van der Waals surface area contributed by atoms with E-state index in [1.165, 1.54) is 114 Å². The maximum absolute atomic E-state index is 5.25. The van der Waals surface area contributed by atoms with Crippen molar-refractivity contribution < 1.29 is 0 Å². The van der Waals surface area contributed by atoms with Crippen LogP contribution in [0.2, 0.25) is 0 Å². The van der Waals surface area contributed by atoms with E-state index in [9.17, 15) is 0 Å². The smallest absolute Gasteiger partial charge is 0.197 e. The molecule has 0 saturated heterocycles. The lowest BCUT2D eigenvalue weighted by molar-refractivity contribution is 0.590. The van der Waals surface area contributed by atoms with Crippen molar-refractivity contribution in [2.24, 2.45) is 0 Å². The van der Waals surface area contributed by atoms with Crippen LogP contribution in [0.1, 0.15) is 83.2 Å². The maximum Gasteiger partial charge on any atom is 0.197 e. The van der Waals surface area contributed by atoms with Crippen LogP contribution < -0.4 is 16.2 Å². The summed E-state index contributed by atoms with van der Waals surface area (Å²) in [5.74, 6) is 0. The van der Waals surface area contributed by atoms with E-state index in [-0.39, 0.29) is 16.2 Å². The molecule has 1 aliphatic heterocycles. The van der Waals surface area contributed by atoms with Gasteiger partial charge in [0.1, 0.15) is 0 Å². The van der Waals surface area contributed by atoms with Crippen molar-refractivity contribution in [2.75, 3.05) is 5.32 Å². The zero-order chi connectivity index (χ0) is 44.9. The Kier molecular flexibility index (Phi) is 8.72. The summed E-state index contributed by atoms with van der Waals surface area (Å²) in [7, 11) is 2.49. The first-order valence-electron chi connectivity index (χ1n) is 23.0. The molecule has 0 unspecified atom stereocenters. The van der Waals surface area contributed by atoms with Crippen molar-refractivity contribution in [3.05, 3.63) is 167 Å². The number of benzene rings is 8. The topological polar surface area (TPSA) is 17.0 Å². The first-order chi connectivity index (χ1) is 31.0. The van der Waals surface area contributed by atoms with Gasteiger partial charge in [-0.15, -0.1) is 24.0 Å². The van der Waals surface area contributed by atoms with Gasteiger partial charge in [-0.25, -0.2) is 0 Å². The van der Waals surface area contributed by atoms with Crippen LogP contribution in [0, 0.1) is 6.92 Å². The fourth-order valence-electron chi connectivity index (χ4n) is 10.9. The lowest BCUT2D eigenvalue weighted by Crippen LogP contribution is -2.38. The molecule has 1 radical (unpaired) electrons. The summed E-state index contributed by atoms with van der Waals surface area (Å²) in [6, 6.07) is 53.1. The molecule has 2 aromatic heterocycles. The summed E-state index contributed by atoms with van der Waals surface area (Å²) in [6.07, 6.45) is 0. The predicted octanol–water partition coefficient (Wildman–Crippen LogP) is 15.7. The van der Waals surface area contributed by atoms with Gasteiger partial charge >= 0.3 is 0 Å². The number of aryl methyl sites for hydroxylation is 1. The predicted molar refractivity (Wildman–Crippen MR) is 286 cm³/mol. The van der Waals surface area contributed by atoms with Crippen LogP contribution in [0.4, 0.5) is 11.4 Å². The zero-order valence-electron chi connectivity index (χ0n) is 38.7. The molecular formula is C60H52BN2S2. The second-order valence-electron chi connectivity index (χ2n) is 21.1. The first-order valence-corrected chi connectivity index (χ1v) is 24.2. The van der Waals surface area contributed by atoms with Gasteiger partial charge in [0.15, 0.2) is 7.28 Å². The lowest BCUT2D eigenvalue weighted by atomic mass is 9.58. The third-order valence-corrected chi connectivity index (χ3v) is 16.1. The van der Waals surface area contributed by atoms with E-state index in [0.717, 1.165) is 21.8 Å². The quantitative estimate of drug-likeness (QED) is 0.133. The normalized spacial score (nSPS) is 13.9. The van der Waals surface area contributed by atoms with E-state index in [1.54, 1.807) is 0 Å². The molecule has 0 atom stereocenters. The van der Waals surface area contributed by atoms with Crippen molar-refractivity contribution in [3.63, 3.8) is 0 Å². The number of nitrogens with zero attached hydrogens (tertiary/aromatic N) is 1. The van der Waals surface area contributed by atoms with Gasteiger partial charge in [-0.1, -0.05) is 152 Å². The Morgan fingerprint density at radius 3 is 2.02 bits per heavy atom. The van der Waals surface area contributed by atoms with Crippen molar-refractivity contribution in [1.82, 2.24) is 4.57 Å². The number of hydrogen-bond donors (Lipinski definition) is 2. The molecule has 2 aliphatic rings. The fourth-order valence-corrected chi connectivity index (χ4v) is 12.4. The first kappa shape index (κ1) is 40.5. The summed E-state index contributed by atoms with van der Waals surface area (Å²) in [4.78, 5) is 0.977. The second-order valence-corrected chi connectivity index (χ2v) is 22.7. The van der Waals surface area contributed by atoms with Gasteiger partial charge in [-0.2, -0.15) is 0 Å². The van der Waals surface area contributed by atoms with E-state index >= 15 is 0 Å². The highest BCUT2D eigenvalue weighted by Gasteiger charge is 2.38. The minimum absolute atomic E-state index is 0.0661. The van der Waals surface area contributed by atoms with Crippen LogP contribution in [-0.4, -0.2) is 11.8 Å². The second kappa shape index (κ2) is 14.0. The molecule has 8 aromatic carbocycles. The molecule has 0 spiro atoms. The Morgan fingerprint density at radius 1 is 0.569 bits per heavy atom. The number of aromatic nitrogens is 1. The van der Waals surface area contributed by atoms with Crippen LogP contribution in [0.3, 0.4) is 0 Å². The summed E-state index contributed by atoms with van der Waals surface area (Å²) >= 11 is 7.15. The molecule has 0 bridgehead atoms. The number of thiol groups is 1. The van der Waals surface area contributed by atoms with Crippen LogP contribution in [0.5, 0.6) is 0 Å². The lowest BCUT2D eigenvalue weighted by Gasteiger charge is -2.27. The molecule has 3 heterocycles. The Morgan fingerprint density at radius 2 is 1.26 bits per heavy atom. The molecule has 5 heteroatoms. The standard InChI is InChI=1S/C60H52BN2S2/c1-33-14-10-11-15-37(33)45-27-44-41-25-24-40(56-57(41)63(51(44)32-53(45)64)52-29-42-38-16-12-13-17-47(38)60(8,9)48(42)31-49(52)61-56)43-30-55-46(39-23-20-35(59(5,6)7)26-54(39)65-55)28-50(43)62-36-21-18-34(19-22-36)58(2,3)4/h10-32,62,64H,1-9H3. The highest BCUT2D eigenvalue weighted by atomic mass is 32.1. The molecule has 1 N–H and O–H groups in total. The van der Waals surface area contributed by atoms with Crippen LogP contribution in [-0.2, 0) is 16.2 Å². The Bertz CT molecular complexity index is 3660. The summed E-state index contributed by atoms with van der Waals surface area (Å²) in [6.45, 7) is 20.7. The van der Waals surface area contributed by atoms with Crippen molar-refractivity contribution in [3.8, 4) is 39.1 Å². The summed E-state index contributed by atoms with van der Waals surface area (Å²) in [5, 5.41) is 9.04. The zero-order valence-corrected chi connectivity index (χ0v) is 40.4. The van der Waals surface area contributed by atoms with Gasteiger partial charge < -0.3 is 9.88 Å². The number of nitrogens with one attached hydrogen (secondary N) is 1. The molecule has 0 saturated carbocycles. The van der Waals surface area contributed by atoms with Crippen LogP contribution in [0.25, 0.3) is 81.0 Å². The SMILES string of the molecule is Cc1ccccc1-c1cc2c3ccc(-c4cc5sc6cc(C(C)(C)C)ccc6c5cc4Nc4ccc(C(C)(C)C)cc4)c4c3n(c2cc1S)-c1cc2c(cc1[B]4)C(C)(C)c1ccccc1-2. The van der Waals surface area contributed by atoms with Gasteiger partial charge in [0.05, 0.1) is 5.52 Å². The molecule has 317 valence electrons. The van der Waals surface area contributed by atoms with E-state index in [1.807, 2.05) is 11.3 Å². The van der Waals surface area contributed by atoms with E-state index in [0.29, 0.717) is 0 Å². The van der Waals surface area contributed by atoms with Gasteiger partial charge in [-0.05, 0) is 127 Å². The molecule has 0 fully saturated rings. The van der Waals surface area contributed by atoms with Gasteiger partial charge in [0, 0.05) is 69.4 Å². The number of rotatable bonds is 4. The largest absolute Gasteiger partial charge is 0.355 e.